The monoisotopic (exact) mass is 405 g/mol. The van der Waals surface area contributed by atoms with Crippen molar-refractivity contribution in [2.75, 3.05) is 0 Å². The summed E-state index contributed by atoms with van der Waals surface area (Å²) >= 11 is 6.07. The minimum atomic E-state index is -4.51. The van der Waals surface area contributed by atoms with Crippen LogP contribution in [-0.4, -0.2) is 18.8 Å². The zero-order valence-corrected chi connectivity index (χ0v) is 15.7. The number of nitriles is 1. The molecule has 2 aromatic carbocycles. The fraction of sp³-hybridized carbons (Fsp3) is 0.111. The third kappa shape index (κ3) is 5.00. The summed E-state index contributed by atoms with van der Waals surface area (Å²) in [5.74, 6) is 0. The van der Waals surface area contributed by atoms with Crippen LogP contribution in [0, 0.1) is 11.3 Å². The zero-order valence-electron chi connectivity index (χ0n) is 14.1. The van der Waals surface area contributed by atoms with E-state index in [1.807, 2.05) is 0 Å². The predicted octanol–water partition coefficient (Wildman–Crippen LogP) is 3.13. The minimum Gasteiger partial charge on any atom is -0.444 e. The van der Waals surface area contributed by atoms with Gasteiger partial charge in [0.05, 0.1) is 6.54 Å². The second-order valence-electron chi connectivity index (χ2n) is 5.29. The molecule has 0 aromatic heterocycles. The van der Waals surface area contributed by atoms with Crippen LogP contribution in [0.5, 0.6) is 0 Å². The number of halogens is 1. The van der Waals surface area contributed by atoms with Crippen molar-refractivity contribution < 1.29 is 17.9 Å². The van der Waals surface area contributed by atoms with E-state index in [2.05, 4.69) is 0 Å². The quantitative estimate of drug-likeness (QED) is 0.738. The van der Waals surface area contributed by atoms with E-state index in [0.717, 1.165) is 0 Å². The Morgan fingerprint density at radius 3 is 2.41 bits per heavy atom. The van der Waals surface area contributed by atoms with Crippen LogP contribution in [0.25, 0.3) is 0 Å². The van der Waals surface area contributed by atoms with Gasteiger partial charge in [0.2, 0.25) is 0 Å². The third-order valence-corrected chi connectivity index (χ3v) is 5.52. The summed E-state index contributed by atoms with van der Waals surface area (Å²) in [5.41, 5.74) is 6.27. The predicted molar refractivity (Wildman–Crippen MR) is 100 cm³/mol. The second kappa shape index (κ2) is 9.07. The summed E-state index contributed by atoms with van der Waals surface area (Å²) < 4.78 is 30.9. The average molecular weight is 406 g/mol. The molecule has 0 aliphatic rings. The molecule has 0 heterocycles. The number of allylic oxidation sites excluding steroid dienone is 1. The Balaban J connectivity index is 2.33. The standard InChI is InChI=1S/C18H16ClN3O4S/c19-17-9-5-4-8-15(17)12-22(27(24,25)16(10-20)11-21)18(23)26-13-14-6-2-1-3-7-14/h1-10H,12-13,20H2/b16-10+. The molecule has 1 amide bonds. The largest absolute Gasteiger partial charge is 0.444 e. The minimum absolute atomic E-state index is 0.136. The van der Waals surface area contributed by atoms with Gasteiger partial charge in [0.15, 0.2) is 4.91 Å². The Kier molecular flexibility index (Phi) is 6.82. The van der Waals surface area contributed by atoms with Gasteiger partial charge in [-0.25, -0.2) is 13.2 Å². The summed E-state index contributed by atoms with van der Waals surface area (Å²) in [7, 11) is -4.51. The molecule has 2 rings (SSSR count). The number of hydrogen-bond donors (Lipinski definition) is 1. The third-order valence-electron chi connectivity index (χ3n) is 3.51. The first-order valence-corrected chi connectivity index (χ1v) is 9.50. The first-order chi connectivity index (χ1) is 12.9. The van der Waals surface area contributed by atoms with Crippen LogP contribution in [0.4, 0.5) is 4.79 Å². The first kappa shape index (κ1) is 20.3. The van der Waals surface area contributed by atoms with E-state index < -0.39 is 27.6 Å². The molecule has 0 spiro atoms. The average Bonchev–Trinajstić information content (AvgIpc) is 2.67. The highest BCUT2D eigenvalue weighted by atomic mass is 35.5. The van der Waals surface area contributed by atoms with Gasteiger partial charge in [0.1, 0.15) is 12.7 Å². The van der Waals surface area contributed by atoms with Crippen molar-refractivity contribution in [2.45, 2.75) is 13.2 Å². The molecule has 9 heteroatoms. The maximum atomic E-state index is 12.7. The maximum Gasteiger partial charge on any atom is 0.424 e. The zero-order chi connectivity index (χ0) is 19.9. The molecule has 0 radical (unpaired) electrons. The number of benzene rings is 2. The number of rotatable bonds is 6. The van der Waals surface area contributed by atoms with Crippen molar-refractivity contribution in [1.29, 1.82) is 5.26 Å². The molecule has 0 bridgehead atoms. The van der Waals surface area contributed by atoms with E-state index in [1.165, 1.54) is 6.07 Å². The molecule has 140 valence electrons. The fourth-order valence-electron chi connectivity index (χ4n) is 2.12. The molecule has 0 unspecified atom stereocenters. The van der Waals surface area contributed by atoms with Crippen molar-refractivity contribution in [2.24, 2.45) is 5.73 Å². The van der Waals surface area contributed by atoms with Crippen molar-refractivity contribution in [3.63, 3.8) is 0 Å². The molecule has 0 fully saturated rings. The van der Waals surface area contributed by atoms with Crippen LogP contribution >= 0.6 is 11.6 Å². The van der Waals surface area contributed by atoms with E-state index in [9.17, 15) is 13.2 Å². The number of carbonyl (C=O) groups is 1. The van der Waals surface area contributed by atoms with E-state index in [1.54, 1.807) is 54.6 Å². The first-order valence-electron chi connectivity index (χ1n) is 7.69. The lowest BCUT2D eigenvalue weighted by molar-refractivity contribution is 0.118. The lowest BCUT2D eigenvalue weighted by Crippen LogP contribution is -2.37. The van der Waals surface area contributed by atoms with Crippen molar-refractivity contribution in [1.82, 2.24) is 4.31 Å². The molecule has 2 N–H and O–H groups in total. The normalized spacial score (nSPS) is 11.5. The maximum absolute atomic E-state index is 12.7. The van der Waals surface area contributed by atoms with Gasteiger partial charge in [-0.3, -0.25) is 0 Å². The molecule has 0 aliphatic heterocycles. The van der Waals surface area contributed by atoms with E-state index in [4.69, 9.17) is 27.3 Å². The van der Waals surface area contributed by atoms with Crippen LogP contribution in [0.15, 0.2) is 65.7 Å². The Morgan fingerprint density at radius 2 is 1.81 bits per heavy atom. The van der Waals surface area contributed by atoms with Gasteiger partial charge < -0.3 is 10.5 Å². The Hall–Kier alpha value is -3.02. The van der Waals surface area contributed by atoms with Crippen molar-refractivity contribution in [3.8, 4) is 6.07 Å². The topological polar surface area (TPSA) is 113 Å². The van der Waals surface area contributed by atoms with Gasteiger partial charge in [-0.2, -0.15) is 9.57 Å². The van der Waals surface area contributed by atoms with E-state index in [-0.39, 0.29) is 11.6 Å². The number of nitrogens with zero attached hydrogens (tertiary/aromatic N) is 2. The van der Waals surface area contributed by atoms with Gasteiger partial charge in [0, 0.05) is 11.2 Å². The number of nitrogens with two attached hydrogens (primary N) is 1. The van der Waals surface area contributed by atoms with Crippen molar-refractivity contribution in [3.05, 3.63) is 81.9 Å². The number of amides is 1. The lowest BCUT2D eigenvalue weighted by Gasteiger charge is -2.22. The molecule has 0 saturated carbocycles. The molecule has 0 atom stereocenters. The molecular formula is C18H16ClN3O4S. The highest BCUT2D eigenvalue weighted by molar-refractivity contribution is 7.93. The van der Waals surface area contributed by atoms with Crippen LogP contribution in [0.2, 0.25) is 5.02 Å². The van der Waals surface area contributed by atoms with Crippen LogP contribution in [0.1, 0.15) is 11.1 Å². The summed E-state index contributed by atoms with van der Waals surface area (Å²) in [6, 6.07) is 16.7. The van der Waals surface area contributed by atoms with E-state index >= 15 is 0 Å². The fourth-order valence-corrected chi connectivity index (χ4v) is 3.40. The Bertz CT molecular complexity index is 985. The molecule has 2 aromatic rings. The number of sulfonamides is 1. The highest BCUT2D eigenvalue weighted by Crippen LogP contribution is 2.22. The lowest BCUT2D eigenvalue weighted by atomic mass is 10.2. The van der Waals surface area contributed by atoms with Gasteiger partial charge in [0.25, 0.3) is 10.0 Å². The number of carbonyl (C=O) groups excluding carboxylic acids is 1. The summed E-state index contributed by atoms with van der Waals surface area (Å²) in [6.07, 6.45) is -0.521. The number of hydrogen-bond acceptors (Lipinski definition) is 6. The number of ether oxygens (including phenoxy) is 1. The molecule has 0 saturated heterocycles. The summed E-state index contributed by atoms with van der Waals surface area (Å²) in [5, 5.41) is 9.31. The van der Waals surface area contributed by atoms with Crippen molar-refractivity contribution >= 4 is 27.7 Å². The van der Waals surface area contributed by atoms with Gasteiger partial charge in [-0.05, 0) is 17.2 Å². The second-order valence-corrected chi connectivity index (χ2v) is 7.52. The van der Waals surface area contributed by atoms with Crippen LogP contribution in [-0.2, 0) is 27.9 Å². The summed E-state index contributed by atoms with van der Waals surface area (Å²) in [4.78, 5) is 11.7. The molecule has 27 heavy (non-hydrogen) atoms. The van der Waals surface area contributed by atoms with Crippen LogP contribution in [0.3, 0.4) is 0 Å². The Labute approximate surface area is 162 Å². The molecular weight excluding hydrogens is 390 g/mol. The van der Waals surface area contributed by atoms with Gasteiger partial charge >= 0.3 is 6.09 Å². The van der Waals surface area contributed by atoms with E-state index in [0.29, 0.717) is 21.6 Å². The highest BCUT2D eigenvalue weighted by Gasteiger charge is 2.33. The van der Waals surface area contributed by atoms with Gasteiger partial charge in [-0.1, -0.05) is 60.1 Å². The van der Waals surface area contributed by atoms with Gasteiger partial charge in [-0.15, -0.1) is 0 Å². The molecule has 7 nitrogen and oxygen atoms in total. The SMILES string of the molecule is N#C/C(=C\N)S(=O)(=O)N(Cc1ccccc1Cl)C(=O)OCc1ccccc1. The molecule has 0 aliphatic carbocycles. The Morgan fingerprint density at radius 1 is 1.19 bits per heavy atom. The smallest absolute Gasteiger partial charge is 0.424 e. The van der Waals surface area contributed by atoms with Crippen LogP contribution < -0.4 is 5.73 Å². The summed E-state index contributed by atoms with van der Waals surface area (Å²) in [6.45, 7) is -0.545.